The van der Waals surface area contributed by atoms with E-state index in [9.17, 15) is 18.3 Å². The topological polar surface area (TPSA) is 110 Å². The third-order valence-corrected chi connectivity index (χ3v) is 11.3. The molecule has 2 aliphatic carbocycles. The van der Waals surface area contributed by atoms with Gasteiger partial charge in [-0.25, -0.2) is 18.4 Å². The van der Waals surface area contributed by atoms with Crippen LogP contribution in [0.1, 0.15) is 80.8 Å². The normalized spacial score (nSPS) is 25.1. The van der Waals surface area contributed by atoms with E-state index in [4.69, 9.17) is 21.5 Å². The van der Waals surface area contributed by atoms with Crippen LogP contribution >= 0.6 is 11.6 Å². The summed E-state index contributed by atoms with van der Waals surface area (Å²) < 4.78 is 30.0. The number of anilines is 1. The predicted molar refractivity (Wildman–Crippen MR) is 173 cm³/mol. The molecule has 7 nitrogen and oxygen atoms in total. The lowest BCUT2D eigenvalue weighted by atomic mass is 9.68. The van der Waals surface area contributed by atoms with Crippen LogP contribution in [0.4, 0.5) is 5.69 Å². The smallest absolute Gasteiger partial charge is 0.335 e. The molecule has 2 aromatic carbocycles. The first-order valence-corrected chi connectivity index (χ1v) is 17.7. The maximum absolute atomic E-state index is 11.9. The number of nitrogens with zero attached hydrogens (tertiary/aromatic N) is 1. The summed E-state index contributed by atoms with van der Waals surface area (Å²) in [6.07, 6.45) is 9.31. The van der Waals surface area contributed by atoms with Crippen molar-refractivity contribution in [2.75, 3.05) is 30.3 Å². The zero-order chi connectivity index (χ0) is 30.9. The number of hydrogen-bond donors (Lipinski definition) is 2. The Labute approximate surface area is 261 Å². The highest BCUT2D eigenvalue weighted by Crippen LogP contribution is 2.47. The fourth-order valence-electron chi connectivity index (χ4n) is 7.68. The second-order valence-corrected chi connectivity index (χ2v) is 15.4. The lowest BCUT2D eigenvalue weighted by molar-refractivity contribution is 0.0697. The van der Waals surface area contributed by atoms with Crippen LogP contribution in [0.3, 0.4) is 0 Å². The number of primary sulfonamides is 1. The van der Waals surface area contributed by atoms with Gasteiger partial charge in [0, 0.05) is 23.5 Å². The predicted octanol–water partition coefficient (Wildman–Crippen LogP) is 6.82. The van der Waals surface area contributed by atoms with Gasteiger partial charge >= 0.3 is 5.97 Å². The number of hydrogen-bond acceptors (Lipinski definition) is 5. The van der Waals surface area contributed by atoms with Gasteiger partial charge in [0.15, 0.2) is 0 Å². The number of carboxylic acids is 1. The zero-order valence-corrected chi connectivity index (χ0v) is 27.1. The monoisotopic (exact) mass is 628 g/mol. The summed E-state index contributed by atoms with van der Waals surface area (Å²) in [6.45, 7) is 8.40. The Morgan fingerprint density at radius 3 is 2.67 bits per heavy atom. The molecule has 234 valence electrons. The Bertz CT molecular complexity index is 1490. The number of aromatic carboxylic acids is 1. The van der Waals surface area contributed by atoms with Gasteiger partial charge in [-0.2, -0.15) is 0 Å². The highest BCUT2D eigenvalue weighted by atomic mass is 35.5. The summed E-state index contributed by atoms with van der Waals surface area (Å²) in [5.74, 6) is 0.925. The molecule has 1 saturated carbocycles. The van der Waals surface area contributed by atoms with E-state index in [1.165, 1.54) is 16.7 Å². The summed E-state index contributed by atoms with van der Waals surface area (Å²) >= 11 is 6.39. The van der Waals surface area contributed by atoms with E-state index in [0.29, 0.717) is 18.4 Å². The van der Waals surface area contributed by atoms with Crippen LogP contribution < -0.4 is 14.8 Å². The van der Waals surface area contributed by atoms with Gasteiger partial charge < -0.3 is 14.7 Å². The SMILES string of the molecule is CC[C@H](CS(N)(=O)=O)C(C)/C=C(\C)C[C@@H]1CC[C@H]1CN1C[C@@]2(CCCc3cc(Cl)ccc32)COc2ccc(C(=O)O)cc21. The number of benzene rings is 2. The lowest BCUT2D eigenvalue weighted by Gasteiger charge is -2.45. The minimum absolute atomic E-state index is 0.00334. The number of rotatable bonds is 10. The second-order valence-electron chi connectivity index (χ2n) is 13.3. The van der Waals surface area contributed by atoms with Crippen molar-refractivity contribution in [3.63, 3.8) is 0 Å². The molecule has 3 N–H and O–H groups in total. The summed E-state index contributed by atoms with van der Waals surface area (Å²) in [4.78, 5) is 14.3. The average molecular weight is 629 g/mol. The van der Waals surface area contributed by atoms with E-state index in [2.05, 4.69) is 37.0 Å². The number of carboxylic acid groups (broad SMARTS) is 1. The Morgan fingerprint density at radius 1 is 1.23 bits per heavy atom. The Balaban J connectivity index is 1.39. The lowest BCUT2D eigenvalue weighted by Crippen LogP contribution is -2.48. The Kier molecular flexibility index (Phi) is 9.50. The van der Waals surface area contributed by atoms with Gasteiger partial charge in [0.1, 0.15) is 5.75 Å². The summed E-state index contributed by atoms with van der Waals surface area (Å²) in [7, 11) is -3.51. The number of nitrogens with two attached hydrogens (primary N) is 1. The van der Waals surface area contributed by atoms with E-state index in [1.54, 1.807) is 12.1 Å². The van der Waals surface area contributed by atoms with Crippen LogP contribution in [0.2, 0.25) is 5.02 Å². The first-order chi connectivity index (χ1) is 20.4. The number of allylic oxidation sites excluding steroid dienone is 2. The average Bonchev–Trinajstić information content (AvgIpc) is 3.09. The van der Waals surface area contributed by atoms with Crippen molar-refractivity contribution in [3.05, 3.63) is 69.8 Å². The highest BCUT2D eigenvalue weighted by Gasteiger charge is 2.43. The highest BCUT2D eigenvalue weighted by molar-refractivity contribution is 7.89. The van der Waals surface area contributed by atoms with Crippen LogP contribution in [-0.2, 0) is 21.9 Å². The molecule has 1 heterocycles. The summed E-state index contributed by atoms with van der Waals surface area (Å²) in [5.41, 5.74) is 4.78. The standard InChI is InChI=1S/C34H45ClN2O5S/c1-4-24(19-43(36,40)41)23(3)14-22(2)15-25-7-8-28(25)18-37-20-34(13-5-6-26-16-29(35)10-11-30(26)34)21-42-32-12-9-27(33(38)39)17-31(32)37/h9-12,14,16-17,23-25,28H,4-8,13,15,18-21H2,1-3H3,(H,38,39)(H2,36,40,41)/b22-14+/t23?,24-,25+,28+,34+/m1/s1. The fourth-order valence-corrected chi connectivity index (χ4v) is 9.01. The van der Waals surface area contributed by atoms with Crippen molar-refractivity contribution >= 4 is 33.3 Å². The Morgan fingerprint density at radius 2 is 2.00 bits per heavy atom. The molecule has 43 heavy (non-hydrogen) atoms. The van der Waals surface area contributed by atoms with Crippen LogP contribution in [0.5, 0.6) is 5.75 Å². The van der Waals surface area contributed by atoms with Crippen LogP contribution in [0, 0.1) is 23.7 Å². The van der Waals surface area contributed by atoms with E-state index >= 15 is 0 Å². The maximum Gasteiger partial charge on any atom is 0.335 e. The molecule has 0 amide bonds. The minimum Gasteiger partial charge on any atom is -0.490 e. The van der Waals surface area contributed by atoms with Crippen molar-refractivity contribution in [1.82, 2.24) is 0 Å². The number of sulfonamides is 1. The van der Waals surface area contributed by atoms with Gasteiger partial charge in [0.25, 0.3) is 0 Å². The molecule has 0 bridgehead atoms. The van der Waals surface area contributed by atoms with Gasteiger partial charge in [-0.15, -0.1) is 0 Å². The van der Waals surface area contributed by atoms with Crippen LogP contribution in [0.25, 0.3) is 0 Å². The number of carbonyl (C=O) groups is 1. The molecule has 0 saturated heterocycles. The van der Waals surface area contributed by atoms with Gasteiger partial charge in [-0.05, 0) is 111 Å². The molecule has 5 atom stereocenters. The fraction of sp³-hybridized carbons (Fsp3) is 0.559. The van der Waals surface area contributed by atoms with Gasteiger partial charge in [0.2, 0.25) is 10.0 Å². The van der Waals surface area contributed by atoms with Gasteiger partial charge in [-0.1, -0.05) is 49.6 Å². The van der Waals surface area contributed by atoms with Crippen LogP contribution in [-0.4, -0.2) is 44.9 Å². The third kappa shape index (κ3) is 7.23. The molecule has 1 unspecified atom stereocenters. The minimum atomic E-state index is -3.51. The quantitative estimate of drug-likeness (QED) is 0.279. The first kappa shape index (κ1) is 31.9. The zero-order valence-electron chi connectivity index (χ0n) is 25.5. The molecule has 3 aliphatic rings. The summed E-state index contributed by atoms with van der Waals surface area (Å²) in [5, 5.41) is 15.9. The van der Waals surface area contributed by atoms with E-state index < -0.39 is 16.0 Å². The molecule has 5 rings (SSSR count). The molecule has 1 spiro atoms. The first-order valence-electron chi connectivity index (χ1n) is 15.6. The van der Waals surface area contributed by atoms with E-state index in [1.807, 2.05) is 19.1 Å². The molecule has 1 aliphatic heterocycles. The largest absolute Gasteiger partial charge is 0.490 e. The van der Waals surface area contributed by atoms with Gasteiger partial charge in [-0.3, -0.25) is 0 Å². The van der Waals surface area contributed by atoms with E-state index in [0.717, 1.165) is 74.5 Å². The molecule has 9 heteroatoms. The molecule has 2 aromatic rings. The number of aryl methyl sites for hydroxylation is 1. The second kappa shape index (κ2) is 12.8. The maximum atomic E-state index is 11.9. The van der Waals surface area contributed by atoms with Gasteiger partial charge in [0.05, 0.1) is 23.6 Å². The third-order valence-electron chi connectivity index (χ3n) is 10.2. The van der Waals surface area contributed by atoms with Crippen molar-refractivity contribution < 1.29 is 23.1 Å². The van der Waals surface area contributed by atoms with Crippen molar-refractivity contribution in [3.8, 4) is 5.75 Å². The van der Waals surface area contributed by atoms with Crippen molar-refractivity contribution in [2.45, 2.75) is 71.1 Å². The number of ether oxygens (including phenoxy) is 1. The van der Waals surface area contributed by atoms with Crippen LogP contribution in [0.15, 0.2) is 48.0 Å². The molecular weight excluding hydrogens is 584 g/mol. The number of halogens is 1. The van der Waals surface area contributed by atoms with Crippen molar-refractivity contribution in [2.24, 2.45) is 28.8 Å². The number of fused-ring (bicyclic) bond motifs is 3. The molecular formula is C34H45ClN2O5S. The molecule has 0 radical (unpaired) electrons. The Hall–Kier alpha value is -2.55. The van der Waals surface area contributed by atoms with E-state index in [-0.39, 0.29) is 28.6 Å². The molecule has 0 aromatic heterocycles. The molecule has 1 fully saturated rings. The van der Waals surface area contributed by atoms with Crippen molar-refractivity contribution in [1.29, 1.82) is 0 Å². The summed E-state index contributed by atoms with van der Waals surface area (Å²) in [6, 6.07) is 11.5.